The van der Waals surface area contributed by atoms with Crippen LogP contribution in [-0.4, -0.2) is 5.84 Å². The number of nitrogens with two attached hydrogens (primary N) is 1. The van der Waals surface area contributed by atoms with E-state index in [4.69, 9.17) is 5.73 Å². The van der Waals surface area contributed by atoms with Crippen molar-refractivity contribution in [3.63, 3.8) is 0 Å². The van der Waals surface area contributed by atoms with E-state index in [1.807, 2.05) is 0 Å². The molecule has 2 heteroatoms. The fraction of sp³-hybridized carbons (Fsp3) is 0.167. The highest BCUT2D eigenvalue weighted by molar-refractivity contribution is 5.77. The van der Waals surface area contributed by atoms with Crippen LogP contribution >= 0.6 is 0 Å². The number of allylic oxidation sites excluding steroid dienone is 2. The zero-order valence-electron chi connectivity index (χ0n) is 4.96. The molecule has 0 aliphatic heterocycles. The molecule has 0 aromatic rings. The molecule has 2 nitrogen and oxygen atoms in total. The van der Waals surface area contributed by atoms with E-state index in [1.165, 1.54) is 0 Å². The molecule has 0 fully saturated rings. The molecule has 0 aliphatic carbocycles. The Morgan fingerprint density at radius 2 is 2.38 bits per heavy atom. The van der Waals surface area contributed by atoms with Gasteiger partial charge in [-0.3, -0.25) is 0 Å². The van der Waals surface area contributed by atoms with Gasteiger partial charge >= 0.3 is 0 Å². The summed E-state index contributed by atoms with van der Waals surface area (Å²) in [6.07, 6.45) is 4.96. The first kappa shape index (κ1) is 6.95. The highest BCUT2D eigenvalue weighted by Crippen LogP contribution is 1.74. The number of hydrogen-bond acceptors (Lipinski definition) is 1. The minimum absolute atomic E-state index is 0.558. The topological polar surface area (TPSA) is 38.4 Å². The van der Waals surface area contributed by atoms with Crippen LogP contribution in [0.3, 0.4) is 0 Å². The van der Waals surface area contributed by atoms with Gasteiger partial charge in [0, 0.05) is 6.20 Å². The second kappa shape index (κ2) is 4.12. The molecule has 0 atom stereocenters. The van der Waals surface area contributed by atoms with Crippen LogP contribution < -0.4 is 5.73 Å². The molecule has 0 spiro atoms. The fourth-order valence-corrected chi connectivity index (χ4v) is 0.221. The van der Waals surface area contributed by atoms with Gasteiger partial charge < -0.3 is 5.73 Å². The summed E-state index contributed by atoms with van der Waals surface area (Å²) in [6.45, 7) is 5.19. The van der Waals surface area contributed by atoms with Gasteiger partial charge in [0.25, 0.3) is 0 Å². The monoisotopic (exact) mass is 110 g/mol. The summed E-state index contributed by atoms with van der Waals surface area (Å²) < 4.78 is 0. The summed E-state index contributed by atoms with van der Waals surface area (Å²) in [7, 11) is 0. The van der Waals surface area contributed by atoms with E-state index in [-0.39, 0.29) is 0 Å². The molecule has 8 heavy (non-hydrogen) atoms. The molecule has 0 amide bonds. The Balaban J connectivity index is 3.57. The van der Waals surface area contributed by atoms with E-state index in [1.54, 1.807) is 25.3 Å². The van der Waals surface area contributed by atoms with E-state index < -0.39 is 0 Å². The van der Waals surface area contributed by atoms with Crippen LogP contribution in [0.5, 0.6) is 0 Å². The third-order valence-corrected chi connectivity index (χ3v) is 0.500. The number of rotatable bonds is 2. The van der Waals surface area contributed by atoms with Crippen molar-refractivity contribution in [2.75, 3.05) is 0 Å². The largest absolute Gasteiger partial charge is 0.387 e. The summed E-state index contributed by atoms with van der Waals surface area (Å²) in [5.74, 6) is 0.558. The molecule has 0 aliphatic rings. The van der Waals surface area contributed by atoms with E-state index in [0.717, 1.165) is 0 Å². The zero-order valence-corrected chi connectivity index (χ0v) is 4.96. The summed E-state index contributed by atoms with van der Waals surface area (Å²) in [4.78, 5) is 3.76. The lowest BCUT2D eigenvalue weighted by Crippen LogP contribution is -2.03. The highest BCUT2D eigenvalue weighted by Gasteiger charge is 1.67. The van der Waals surface area contributed by atoms with Gasteiger partial charge in [-0.2, -0.15) is 0 Å². The smallest absolute Gasteiger partial charge is 0.0957 e. The molecule has 0 bridgehead atoms. The van der Waals surface area contributed by atoms with Crippen molar-refractivity contribution >= 4 is 5.84 Å². The van der Waals surface area contributed by atoms with Gasteiger partial charge in [0.05, 0.1) is 5.84 Å². The Hall–Kier alpha value is -1.05. The van der Waals surface area contributed by atoms with E-state index >= 15 is 0 Å². The normalized spacial score (nSPS) is 12.4. The summed E-state index contributed by atoms with van der Waals surface area (Å²) in [5.41, 5.74) is 5.20. The van der Waals surface area contributed by atoms with Crippen molar-refractivity contribution in [3.05, 3.63) is 24.9 Å². The van der Waals surface area contributed by atoms with Crippen LogP contribution in [-0.2, 0) is 0 Å². The Labute approximate surface area is 49.4 Å². The minimum atomic E-state index is 0.558. The lowest BCUT2D eigenvalue weighted by molar-refractivity contribution is 1.47. The lowest BCUT2D eigenvalue weighted by Gasteiger charge is -1.79. The van der Waals surface area contributed by atoms with Crippen LogP contribution in [0.25, 0.3) is 0 Å². The van der Waals surface area contributed by atoms with Crippen molar-refractivity contribution in [2.45, 2.75) is 6.92 Å². The lowest BCUT2D eigenvalue weighted by atomic mass is 10.6. The third-order valence-electron chi connectivity index (χ3n) is 0.500. The van der Waals surface area contributed by atoms with Gasteiger partial charge in [0.1, 0.15) is 0 Å². The average molecular weight is 110 g/mol. The van der Waals surface area contributed by atoms with Crippen molar-refractivity contribution in [3.8, 4) is 0 Å². The van der Waals surface area contributed by atoms with Crippen LogP contribution in [0, 0.1) is 0 Å². The van der Waals surface area contributed by atoms with Gasteiger partial charge in [-0.25, -0.2) is 4.99 Å². The first-order valence-electron chi connectivity index (χ1n) is 2.35. The average Bonchev–Trinajstić information content (AvgIpc) is 1.66. The zero-order chi connectivity index (χ0) is 6.41. The minimum Gasteiger partial charge on any atom is -0.387 e. The van der Waals surface area contributed by atoms with E-state index in [2.05, 4.69) is 11.6 Å². The van der Waals surface area contributed by atoms with Crippen molar-refractivity contribution < 1.29 is 0 Å². The molecule has 0 saturated heterocycles. The molecule has 0 aromatic heterocycles. The summed E-state index contributed by atoms with van der Waals surface area (Å²) >= 11 is 0. The first-order valence-corrected chi connectivity index (χ1v) is 2.35. The number of amidine groups is 1. The Kier molecular flexibility index (Phi) is 3.58. The molecule has 0 radical (unpaired) electrons. The van der Waals surface area contributed by atoms with Crippen LogP contribution in [0.2, 0.25) is 0 Å². The third kappa shape index (κ3) is 4.95. The molecule has 0 aromatic carbocycles. The molecular formula is C6H10N2. The first-order chi connectivity index (χ1) is 3.77. The highest BCUT2D eigenvalue weighted by atomic mass is 14.8. The number of hydrogen-bond donors (Lipinski definition) is 1. The van der Waals surface area contributed by atoms with Gasteiger partial charge in [-0.05, 0) is 13.0 Å². The van der Waals surface area contributed by atoms with Crippen LogP contribution in [0.1, 0.15) is 6.92 Å². The fourth-order valence-electron chi connectivity index (χ4n) is 0.221. The van der Waals surface area contributed by atoms with Gasteiger partial charge in [-0.1, -0.05) is 12.7 Å². The van der Waals surface area contributed by atoms with Gasteiger partial charge in [0.15, 0.2) is 0 Å². The standard InChI is InChI=1S/C6H10N2/c1-3-4-5-8-6(2)7/h3-5H,1H2,2H3,(H2,7,8). The van der Waals surface area contributed by atoms with Gasteiger partial charge in [-0.15, -0.1) is 0 Å². The molecular weight excluding hydrogens is 100 g/mol. The second-order valence-corrected chi connectivity index (χ2v) is 1.35. The Bertz CT molecular complexity index is 118. The van der Waals surface area contributed by atoms with Gasteiger partial charge in [0.2, 0.25) is 0 Å². The molecule has 0 saturated carbocycles. The van der Waals surface area contributed by atoms with Crippen molar-refractivity contribution in [1.29, 1.82) is 0 Å². The quantitative estimate of drug-likeness (QED) is 0.322. The second-order valence-electron chi connectivity index (χ2n) is 1.35. The summed E-state index contributed by atoms with van der Waals surface area (Å²) in [6, 6.07) is 0. The molecule has 44 valence electrons. The van der Waals surface area contributed by atoms with Crippen LogP contribution in [0.4, 0.5) is 0 Å². The SMILES string of the molecule is C=CC=CN=C(C)N. The predicted molar refractivity (Wildman–Crippen MR) is 36.6 cm³/mol. The van der Waals surface area contributed by atoms with E-state index in [0.29, 0.717) is 5.84 Å². The van der Waals surface area contributed by atoms with Crippen molar-refractivity contribution in [2.24, 2.45) is 10.7 Å². The predicted octanol–water partition coefficient (Wildman–Crippen LogP) is 1.06. The Morgan fingerprint density at radius 1 is 1.75 bits per heavy atom. The molecule has 0 unspecified atom stereocenters. The number of aliphatic imine (C=N–C) groups is 1. The molecule has 0 rings (SSSR count). The molecule has 2 N–H and O–H groups in total. The maximum atomic E-state index is 5.20. The van der Waals surface area contributed by atoms with E-state index in [9.17, 15) is 0 Å². The van der Waals surface area contributed by atoms with Crippen LogP contribution in [0.15, 0.2) is 29.9 Å². The maximum absolute atomic E-state index is 5.20. The Morgan fingerprint density at radius 3 is 2.75 bits per heavy atom. The molecule has 0 heterocycles. The van der Waals surface area contributed by atoms with Crippen molar-refractivity contribution in [1.82, 2.24) is 0 Å². The summed E-state index contributed by atoms with van der Waals surface area (Å²) in [5, 5.41) is 0. The number of nitrogens with zero attached hydrogens (tertiary/aromatic N) is 1. The maximum Gasteiger partial charge on any atom is 0.0957 e.